The van der Waals surface area contributed by atoms with E-state index in [1.54, 1.807) is 0 Å². The molecule has 3 nitrogen and oxygen atoms in total. The molecule has 0 radical (unpaired) electrons. The second-order valence-electron chi connectivity index (χ2n) is 10.6. The summed E-state index contributed by atoms with van der Waals surface area (Å²) in [5.41, 5.74) is 1.66. The van der Waals surface area contributed by atoms with Gasteiger partial charge in [-0.05, 0) is 73.9 Å². The molecule has 0 saturated heterocycles. The summed E-state index contributed by atoms with van der Waals surface area (Å²) in [7, 11) is -0.283. The minimum atomic E-state index is -1.75. The Bertz CT molecular complexity index is 548. The predicted molar refractivity (Wildman–Crippen MR) is 115 cm³/mol. The Hall–Kier alpha value is -0.613. The normalized spacial score (nSPS) is 31.4. The molecule has 2 fully saturated rings. The van der Waals surface area contributed by atoms with Gasteiger partial charge in [-0.2, -0.15) is 0 Å². The van der Waals surface area contributed by atoms with E-state index in [1.807, 2.05) is 0 Å². The van der Waals surface area contributed by atoms with Crippen molar-refractivity contribution >= 4 is 14.3 Å². The molecule has 156 valence electrons. The van der Waals surface area contributed by atoms with Gasteiger partial charge < -0.3 is 9.16 Å². The average molecular weight is 395 g/mol. The molecule has 0 amide bonds. The molecule has 0 aromatic carbocycles. The van der Waals surface area contributed by atoms with E-state index >= 15 is 0 Å². The zero-order valence-electron chi connectivity index (χ0n) is 18.8. The van der Waals surface area contributed by atoms with Crippen LogP contribution in [0.4, 0.5) is 0 Å². The van der Waals surface area contributed by atoms with Crippen molar-refractivity contribution < 1.29 is 14.0 Å². The van der Waals surface area contributed by atoms with E-state index in [1.165, 1.54) is 44.8 Å². The van der Waals surface area contributed by atoms with Gasteiger partial charge >= 0.3 is 5.97 Å². The number of methoxy groups -OCH3 is 1. The number of carbonyl (C=O) groups is 1. The smallest absolute Gasteiger partial charge is 0.305 e. The summed E-state index contributed by atoms with van der Waals surface area (Å²) in [5, 5.41) is 0.260. The number of fused-ring (bicyclic) bond motifs is 1. The van der Waals surface area contributed by atoms with Crippen molar-refractivity contribution in [1.82, 2.24) is 0 Å². The molecule has 2 unspecified atom stereocenters. The molecule has 2 aliphatic carbocycles. The van der Waals surface area contributed by atoms with Crippen LogP contribution in [0.25, 0.3) is 0 Å². The molecular formula is C23H42O3Si. The van der Waals surface area contributed by atoms with Gasteiger partial charge in [0, 0.05) is 12.5 Å². The van der Waals surface area contributed by atoms with Crippen molar-refractivity contribution in [3.8, 4) is 0 Å². The maximum Gasteiger partial charge on any atom is 0.305 e. The first kappa shape index (κ1) is 22.7. The Labute approximate surface area is 168 Å². The molecule has 0 N–H and O–H groups in total. The van der Waals surface area contributed by atoms with Crippen LogP contribution in [0.2, 0.25) is 18.1 Å². The largest absolute Gasteiger partial charge is 0.469 e. The third-order valence-electron chi connectivity index (χ3n) is 7.91. The van der Waals surface area contributed by atoms with Gasteiger partial charge in [0.2, 0.25) is 0 Å². The first-order chi connectivity index (χ1) is 12.4. The minimum Gasteiger partial charge on any atom is -0.469 e. The van der Waals surface area contributed by atoms with Crippen LogP contribution in [0, 0.1) is 17.3 Å². The van der Waals surface area contributed by atoms with E-state index in [9.17, 15) is 4.79 Å². The van der Waals surface area contributed by atoms with Crippen LogP contribution < -0.4 is 0 Å². The van der Waals surface area contributed by atoms with Crippen molar-refractivity contribution in [2.45, 2.75) is 103 Å². The maximum absolute atomic E-state index is 11.4. The standard InChI is InChI=1S/C23H42O3Si/c1-17(11-9-13-21(24)25-6)18-14-15-19-20(12-10-16-23(18,19)5)26-27(7,8)22(2,3)4/h18-20H,1,9-16H2,2-8H3/t18?,19?,20-,23+/m0/s1. The lowest BCUT2D eigenvalue weighted by molar-refractivity contribution is -0.140. The van der Waals surface area contributed by atoms with E-state index in [0.717, 1.165) is 12.8 Å². The van der Waals surface area contributed by atoms with E-state index in [4.69, 9.17) is 9.16 Å². The summed E-state index contributed by atoms with van der Waals surface area (Å²) >= 11 is 0. The lowest BCUT2D eigenvalue weighted by Crippen LogP contribution is -2.49. The molecule has 4 atom stereocenters. The highest BCUT2D eigenvalue weighted by Crippen LogP contribution is 2.59. The summed E-state index contributed by atoms with van der Waals surface area (Å²) in [6.45, 7) is 18.7. The van der Waals surface area contributed by atoms with E-state index in [0.29, 0.717) is 29.8 Å². The first-order valence-corrected chi connectivity index (χ1v) is 13.8. The molecular weight excluding hydrogens is 352 g/mol. The fourth-order valence-electron chi connectivity index (χ4n) is 5.22. The number of hydrogen-bond acceptors (Lipinski definition) is 3. The fraction of sp³-hybridized carbons (Fsp3) is 0.870. The summed E-state index contributed by atoms with van der Waals surface area (Å²) in [5.74, 6) is 1.12. The molecule has 2 rings (SSSR count). The summed E-state index contributed by atoms with van der Waals surface area (Å²) in [6, 6.07) is 0. The first-order valence-electron chi connectivity index (χ1n) is 10.8. The van der Waals surface area contributed by atoms with E-state index < -0.39 is 8.32 Å². The van der Waals surface area contributed by atoms with Gasteiger partial charge in [0.1, 0.15) is 0 Å². The Morgan fingerprint density at radius 2 is 1.85 bits per heavy atom. The van der Waals surface area contributed by atoms with Crippen LogP contribution >= 0.6 is 0 Å². The Balaban J connectivity index is 2.04. The number of ether oxygens (including phenoxy) is 1. The monoisotopic (exact) mass is 394 g/mol. The maximum atomic E-state index is 11.4. The molecule has 0 aliphatic heterocycles. The van der Waals surface area contributed by atoms with Gasteiger partial charge in [0.15, 0.2) is 8.32 Å². The van der Waals surface area contributed by atoms with Crippen LogP contribution in [-0.4, -0.2) is 27.5 Å². The number of hydrogen-bond donors (Lipinski definition) is 0. The van der Waals surface area contributed by atoms with Crippen LogP contribution in [0.5, 0.6) is 0 Å². The summed E-state index contributed by atoms with van der Waals surface area (Å²) < 4.78 is 11.7. The van der Waals surface area contributed by atoms with Crippen molar-refractivity contribution in [3.05, 3.63) is 12.2 Å². The van der Waals surface area contributed by atoms with Gasteiger partial charge in [-0.15, -0.1) is 0 Å². The van der Waals surface area contributed by atoms with Crippen molar-refractivity contribution in [2.24, 2.45) is 17.3 Å². The lowest BCUT2D eigenvalue weighted by Gasteiger charge is -2.49. The molecule has 0 spiro atoms. The third kappa shape index (κ3) is 4.87. The zero-order chi connectivity index (χ0) is 20.5. The SMILES string of the molecule is C=C(CCCC(=O)OC)C1CCC2[C@@H](O[Si](C)(C)C(C)(C)C)CCC[C@]12C. The predicted octanol–water partition coefficient (Wildman–Crippen LogP) is 6.49. The number of carbonyl (C=O) groups excluding carboxylic acids is 1. The Morgan fingerprint density at radius 1 is 1.19 bits per heavy atom. The number of rotatable bonds is 7. The molecule has 27 heavy (non-hydrogen) atoms. The lowest BCUT2D eigenvalue weighted by atomic mass is 9.62. The second kappa shape index (κ2) is 8.40. The summed E-state index contributed by atoms with van der Waals surface area (Å²) in [4.78, 5) is 11.4. The average Bonchev–Trinajstić information content (AvgIpc) is 2.91. The molecule has 2 saturated carbocycles. The van der Waals surface area contributed by atoms with Gasteiger partial charge in [0.05, 0.1) is 7.11 Å². The van der Waals surface area contributed by atoms with Crippen molar-refractivity contribution in [2.75, 3.05) is 7.11 Å². The number of allylic oxidation sites excluding steroid dienone is 1. The van der Waals surface area contributed by atoms with Gasteiger partial charge in [-0.3, -0.25) is 4.79 Å². The highest BCUT2D eigenvalue weighted by atomic mass is 28.4. The summed E-state index contributed by atoms with van der Waals surface area (Å²) in [6.07, 6.45) is 8.97. The van der Waals surface area contributed by atoms with Gasteiger partial charge in [-0.1, -0.05) is 46.3 Å². The molecule has 0 aromatic rings. The third-order valence-corrected chi connectivity index (χ3v) is 12.4. The highest BCUT2D eigenvalue weighted by molar-refractivity contribution is 6.74. The fourth-order valence-corrected chi connectivity index (χ4v) is 6.61. The van der Waals surface area contributed by atoms with Crippen molar-refractivity contribution in [1.29, 1.82) is 0 Å². The molecule has 2 aliphatic rings. The minimum absolute atomic E-state index is 0.112. The van der Waals surface area contributed by atoms with Gasteiger partial charge in [-0.25, -0.2) is 0 Å². The zero-order valence-corrected chi connectivity index (χ0v) is 19.8. The van der Waals surface area contributed by atoms with Crippen LogP contribution in [-0.2, 0) is 14.0 Å². The molecule has 0 heterocycles. The molecule has 0 bridgehead atoms. The van der Waals surface area contributed by atoms with Crippen LogP contribution in [0.15, 0.2) is 12.2 Å². The Morgan fingerprint density at radius 3 is 2.44 bits per heavy atom. The van der Waals surface area contributed by atoms with Gasteiger partial charge in [0.25, 0.3) is 0 Å². The quantitative estimate of drug-likeness (QED) is 0.281. The number of esters is 1. The Kier molecular flexibility index (Phi) is 7.06. The highest BCUT2D eigenvalue weighted by Gasteiger charge is 2.53. The van der Waals surface area contributed by atoms with E-state index in [2.05, 4.69) is 47.4 Å². The van der Waals surface area contributed by atoms with Crippen LogP contribution in [0.1, 0.15) is 79.1 Å². The molecule has 4 heteroatoms. The molecule has 0 aromatic heterocycles. The van der Waals surface area contributed by atoms with E-state index in [-0.39, 0.29) is 11.0 Å². The van der Waals surface area contributed by atoms with Crippen molar-refractivity contribution in [3.63, 3.8) is 0 Å². The second-order valence-corrected chi connectivity index (χ2v) is 15.4. The van der Waals surface area contributed by atoms with Crippen LogP contribution in [0.3, 0.4) is 0 Å². The topological polar surface area (TPSA) is 35.5 Å².